The van der Waals surface area contributed by atoms with Crippen LogP contribution in [0.2, 0.25) is 0 Å². The standard InChI is InChI=1S/C12H19NO/c1-10-4-5-12(7-10,9-13)8-11-3-2-6-14-11/h2-3,6,10H,4-5,7-9,13H2,1H3. The number of furan rings is 1. The summed E-state index contributed by atoms with van der Waals surface area (Å²) in [6.45, 7) is 3.11. The van der Waals surface area contributed by atoms with Crippen molar-refractivity contribution in [2.24, 2.45) is 17.1 Å². The summed E-state index contributed by atoms with van der Waals surface area (Å²) in [7, 11) is 0. The Morgan fingerprint density at radius 2 is 2.50 bits per heavy atom. The molecule has 1 heterocycles. The van der Waals surface area contributed by atoms with Gasteiger partial charge in [-0.15, -0.1) is 0 Å². The smallest absolute Gasteiger partial charge is 0.104 e. The predicted molar refractivity (Wildman–Crippen MR) is 56.9 cm³/mol. The van der Waals surface area contributed by atoms with E-state index < -0.39 is 0 Å². The summed E-state index contributed by atoms with van der Waals surface area (Å²) in [6, 6.07) is 4.01. The summed E-state index contributed by atoms with van der Waals surface area (Å²) < 4.78 is 5.40. The Balaban J connectivity index is 2.06. The Kier molecular flexibility index (Phi) is 2.64. The van der Waals surface area contributed by atoms with E-state index in [1.807, 2.05) is 6.07 Å². The van der Waals surface area contributed by atoms with Crippen molar-refractivity contribution in [2.75, 3.05) is 6.54 Å². The third kappa shape index (κ3) is 1.85. The Hall–Kier alpha value is -0.760. The summed E-state index contributed by atoms with van der Waals surface area (Å²) in [6.07, 6.45) is 6.59. The predicted octanol–water partition coefficient (Wildman–Crippen LogP) is 2.59. The van der Waals surface area contributed by atoms with Crippen molar-refractivity contribution >= 4 is 0 Å². The van der Waals surface area contributed by atoms with Crippen molar-refractivity contribution in [3.8, 4) is 0 Å². The minimum Gasteiger partial charge on any atom is -0.469 e. The molecule has 1 aliphatic rings. The van der Waals surface area contributed by atoms with Crippen LogP contribution in [0.15, 0.2) is 22.8 Å². The molecule has 2 nitrogen and oxygen atoms in total. The normalized spacial score (nSPS) is 32.3. The third-order valence-electron chi connectivity index (χ3n) is 3.51. The number of hydrogen-bond donors (Lipinski definition) is 1. The molecule has 0 aromatic carbocycles. The Morgan fingerprint density at radius 3 is 3.00 bits per heavy atom. The summed E-state index contributed by atoms with van der Waals surface area (Å²) >= 11 is 0. The van der Waals surface area contributed by atoms with E-state index in [1.165, 1.54) is 19.3 Å². The Labute approximate surface area is 85.5 Å². The van der Waals surface area contributed by atoms with Gasteiger partial charge < -0.3 is 10.2 Å². The van der Waals surface area contributed by atoms with Gasteiger partial charge in [-0.1, -0.05) is 13.3 Å². The van der Waals surface area contributed by atoms with Crippen LogP contribution in [0.5, 0.6) is 0 Å². The van der Waals surface area contributed by atoms with Crippen molar-refractivity contribution in [1.82, 2.24) is 0 Å². The van der Waals surface area contributed by atoms with Gasteiger partial charge in [0.25, 0.3) is 0 Å². The molecule has 1 saturated carbocycles. The van der Waals surface area contributed by atoms with Crippen molar-refractivity contribution in [1.29, 1.82) is 0 Å². The molecule has 2 atom stereocenters. The van der Waals surface area contributed by atoms with Crippen LogP contribution in [0.4, 0.5) is 0 Å². The van der Waals surface area contributed by atoms with E-state index in [-0.39, 0.29) is 0 Å². The van der Waals surface area contributed by atoms with Gasteiger partial charge in [0, 0.05) is 6.42 Å². The SMILES string of the molecule is CC1CCC(CN)(Cc2ccco2)C1. The molecule has 1 aliphatic carbocycles. The van der Waals surface area contributed by atoms with Gasteiger partial charge in [-0.3, -0.25) is 0 Å². The average Bonchev–Trinajstić information content (AvgIpc) is 2.77. The minimum atomic E-state index is 0.317. The molecular weight excluding hydrogens is 174 g/mol. The molecule has 2 rings (SSSR count). The Morgan fingerprint density at radius 1 is 1.64 bits per heavy atom. The van der Waals surface area contributed by atoms with Crippen molar-refractivity contribution in [2.45, 2.75) is 32.6 Å². The number of rotatable bonds is 3. The zero-order valence-electron chi connectivity index (χ0n) is 8.83. The zero-order chi connectivity index (χ0) is 10.0. The minimum absolute atomic E-state index is 0.317. The zero-order valence-corrected chi connectivity index (χ0v) is 8.83. The summed E-state index contributed by atoms with van der Waals surface area (Å²) in [5.74, 6) is 1.91. The van der Waals surface area contributed by atoms with E-state index in [2.05, 4.69) is 13.0 Å². The van der Waals surface area contributed by atoms with Gasteiger partial charge in [0.2, 0.25) is 0 Å². The molecule has 0 spiro atoms. The molecule has 0 saturated heterocycles. The van der Waals surface area contributed by atoms with Gasteiger partial charge in [0.1, 0.15) is 5.76 Å². The maximum Gasteiger partial charge on any atom is 0.104 e. The van der Waals surface area contributed by atoms with Crippen LogP contribution in [0.3, 0.4) is 0 Å². The highest BCUT2D eigenvalue weighted by atomic mass is 16.3. The molecule has 0 aliphatic heterocycles. The molecule has 1 fully saturated rings. The molecule has 78 valence electrons. The number of nitrogens with two attached hydrogens (primary N) is 1. The van der Waals surface area contributed by atoms with Gasteiger partial charge >= 0.3 is 0 Å². The van der Waals surface area contributed by atoms with Crippen LogP contribution >= 0.6 is 0 Å². The van der Waals surface area contributed by atoms with Crippen LogP contribution in [0.25, 0.3) is 0 Å². The van der Waals surface area contributed by atoms with Crippen molar-refractivity contribution in [3.63, 3.8) is 0 Å². The Bertz CT molecular complexity index is 281. The second kappa shape index (κ2) is 3.77. The molecular formula is C12H19NO. The van der Waals surface area contributed by atoms with E-state index in [0.717, 1.165) is 24.6 Å². The topological polar surface area (TPSA) is 39.2 Å². The lowest BCUT2D eigenvalue weighted by Gasteiger charge is -2.26. The monoisotopic (exact) mass is 193 g/mol. The van der Waals surface area contributed by atoms with Crippen molar-refractivity contribution < 1.29 is 4.42 Å². The molecule has 0 radical (unpaired) electrons. The van der Waals surface area contributed by atoms with E-state index in [1.54, 1.807) is 6.26 Å². The third-order valence-corrected chi connectivity index (χ3v) is 3.51. The largest absolute Gasteiger partial charge is 0.469 e. The quantitative estimate of drug-likeness (QED) is 0.801. The van der Waals surface area contributed by atoms with Gasteiger partial charge in [0.15, 0.2) is 0 Å². The van der Waals surface area contributed by atoms with Crippen LogP contribution in [0, 0.1) is 11.3 Å². The van der Waals surface area contributed by atoms with Crippen LogP contribution in [-0.2, 0) is 6.42 Å². The van der Waals surface area contributed by atoms with Crippen LogP contribution < -0.4 is 5.73 Å². The average molecular weight is 193 g/mol. The molecule has 1 aromatic heterocycles. The first-order valence-corrected chi connectivity index (χ1v) is 5.47. The first-order chi connectivity index (χ1) is 6.74. The molecule has 2 unspecified atom stereocenters. The van der Waals surface area contributed by atoms with Gasteiger partial charge in [0.05, 0.1) is 6.26 Å². The molecule has 0 amide bonds. The maximum absolute atomic E-state index is 5.91. The fourth-order valence-corrected chi connectivity index (χ4v) is 2.70. The fourth-order valence-electron chi connectivity index (χ4n) is 2.70. The van der Waals surface area contributed by atoms with Crippen LogP contribution in [-0.4, -0.2) is 6.54 Å². The highest BCUT2D eigenvalue weighted by Crippen LogP contribution is 2.43. The van der Waals surface area contributed by atoms with E-state index in [4.69, 9.17) is 10.2 Å². The number of hydrogen-bond acceptors (Lipinski definition) is 2. The highest BCUT2D eigenvalue weighted by molar-refractivity contribution is 5.04. The second-order valence-electron chi connectivity index (χ2n) is 4.81. The first-order valence-electron chi connectivity index (χ1n) is 5.47. The summed E-state index contributed by atoms with van der Waals surface area (Å²) in [5, 5.41) is 0. The first kappa shape index (κ1) is 9.78. The van der Waals surface area contributed by atoms with Gasteiger partial charge in [-0.2, -0.15) is 0 Å². The molecule has 2 N–H and O–H groups in total. The lowest BCUT2D eigenvalue weighted by atomic mass is 9.81. The molecule has 14 heavy (non-hydrogen) atoms. The maximum atomic E-state index is 5.91. The molecule has 1 aromatic rings. The second-order valence-corrected chi connectivity index (χ2v) is 4.81. The summed E-state index contributed by atoms with van der Waals surface area (Å²) in [4.78, 5) is 0. The summed E-state index contributed by atoms with van der Waals surface area (Å²) in [5.41, 5.74) is 6.22. The lowest BCUT2D eigenvalue weighted by Crippen LogP contribution is -2.30. The highest BCUT2D eigenvalue weighted by Gasteiger charge is 2.36. The van der Waals surface area contributed by atoms with E-state index in [9.17, 15) is 0 Å². The van der Waals surface area contributed by atoms with Gasteiger partial charge in [-0.25, -0.2) is 0 Å². The van der Waals surface area contributed by atoms with Crippen LogP contribution in [0.1, 0.15) is 31.9 Å². The molecule has 0 bridgehead atoms. The van der Waals surface area contributed by atoms with Crippen molar-refractivity contribution in [3.05, 3.63) is 24.2 Å². The van der Waals surface area contributed by atoms with E-state index >= 15 is 0 Å². The fraction of sp³-hybridized carbons (Fsp3) is 0.667. The van der Waals surface area contributed by atoms with Gasteiger partial charge in [-0.05, 0) is 42.9 Å². The van der Waals surface area contributed by atoms with E-state index in [0.29, 0.717) is 5.41 Å². The molecule has 2 heteroatoms. The lowest BCUT2D eigenvalue weighted by molar-refractivity contribution is 0.273.